The van der Waals surface area contributed by atoms with Gasteiger partial charge in [-0.2, -0.15) is 13.2 Å². The third-order valence-corrected chi connectivity index (χ3v) is 8.48. The van der Waals surface area contributed by atoms with Gasteiger partial charge in [0.1, 0.15) is 12.6 Å². The first-order chi connectivity index (χ1) is 18.8. The summed E-state index contributed by atoms with van der Waals surface area (Å²) in [5.74, 6) is -1.27. The van der Waals surface area contributed by atoms with E-state index >= 15 is 0 Å². The van der Waals surface area contributed by atoms with Crippen LogP contribution in [0.4, 0.5) is 18.9 Å². The average Bonchev–Trinajstić information content (AvgIpc) is 2.92. The molecule has 0 aliphatic rings. The lowest BCUT2D eigenvalue weighted by atomic mass is 10.1. The van der Waals surface area contributed by atoms with Gasteiger partial charge in [0, 0.05) is 13.6 Å². The first-order valence-corrected chi connectivity index (χ1v) is 14.1. The monoisotopic (exact) mass is 595 g/mol. The van der Waals surface area contributed by atoms with E-state index in [4.69, 9.17) is 11.6 Å². The summed E-state index contributed by atoms with van der Waals surface area (Å²) in [6, 6.07) is 15.4. The van der Waals surface area contributed by atoms with Gasteiger partial charge in [-0.3, -0.25) is 13.9 Å². The van der Waals surface area contributed by atoms with Crippen molar-refractivity contribution in [2.45, 2.75) is 43.9 Å². The van der Waals surface area contributed by atoms with Crippen LogP contribution in [-0.2, 0) is 32.3 Å². The van der Waals surface area contributed by atoms with Crippen LogP contribution in [0, 0.1) is 6.92 Å². The Hall–Kier alpha value is -3.57. The maximum absolute atomic E-state index is 13.9. The van der Waals surface area contributed by atoms with Crippen LogP contribution >= 0.6 is 11.6 Å². The van der Waals surface area contributed by atoms with E-state index in [1.807, 2.05) is 19.1 Å². The Kier molecular flexibility index (Phi) is 9.86. The molecule has 0 unspecified atom stereocenters. The van der Waals surface area contributed by atoms with Crippen LogP contribution in [0.2, 0.25) is 5.02 Å². The van der Waals surface area contributed by atoms with Gasteiger partial charge in [0.05, 0.1) is 21.2 Å². The average molecular weight is 596 g/mol. The number of rotatable bonds is 10. The van der Waals surface area contributed by atoms with Crippen LogP contribution in [0.3, 0.4) is 0 Å². The zero-order chi connectivity index (χ0) is 29.7. The molecular weight excluding hydrogens is 567 g/mol. The molecule has 7 nitrogen and oxygen atoms in total. The molecule has 0 heterocycles. The number of aryl methyl sites for hydroxylation is 1. The van der Waals surface area contributed by atoms with Crippen molar-refractivity contribution in [1.29, 1.82) is 0 Å². The summed E-state index contributed by atoms with van der Waals surface area (Å²) >= 11 is 6.25. The lowest BCUT2D eigenvalue weighted by Crippen LogP contribution is -2.51. The SMILES string of the molecule is CC[C@@H](C(=O)NC)N(Cc1ccccc1C)C(=O)CN(c1cc(C(F)(F)F)ccc1Cl)S(=O)(=O)c1ccccc1. The zero-order valence-corrected chi connectivity index (χ0v) is 23.6. The normalized spacial score (nSPS) is 12.5. The molecule has 3 aromatic carbocycles. The second-order valence-corrected chi connectivity index (χ2v) is 11.2. The second kappa shape index (κ2) is 12.7. The van der Waals surface area contributed by atoms with Gasteiger partial charge in [-0.15, -0.1) is 0 Å². The van der Waals surface area contributed by atoms with Crippen molar-refractivity contribution in [2.24, 2.45) is 0 Å². The van der Waals surface area contributed by atoms with Crippen LogP contribution in [-0.4, -0.2) is 44.8 Å². The van der Waals surface area contributed by atoms with E-state index in [1.165, 1.54) is 36.2 Å². The maximum Gasteiger partial charge on any atom is 0.416 e. The Bertz CT molecular complexity index is 1470. The number of amides is 2. The largest absolute Gasteiger partial charge is 0.416 e. The van der Waals surface area contributed by atoms with Crippen molar-refractivity contribution in [3.63, 3.8) is 0 Å². The van der Waals surface area contributed by atoms with Gasteiger partial charge in [-0.25, -0.2) is 8.42 Å². The molecule has 0 radical (unpaired) electrons. The first-order valence-electron chi connectivity index (χ1n) is 12.3. The van der Waals surface area contributed by atoms with Crippen LogP contribution in [0.25, 0.3) is 0 Å². The number of carbonyl (C=O) groups is 2. The number of sulfonamides is 1. The Labute approximate surface area is 236 Å². The summed E-state index contributed by atoms with van der Waals surface area (Å²) in [6.45, 7) is 2.58. The van der Waals surface area contributed by atoms with E-state index in [0.717, 1.165) is 17.7 Å². The number of carbonyl (C=O) groups excluding carboxylic acids is 2. The minimum atomic E-state index is -4.80. The van der Waals surface area contributed by atoms with E-state index in [2.05, 4.69) is 5.32 Å². The first kappa shape index (κ1) is 31.0. The predicted octanol–water partition coefficient (Wildman–Crippen LogP) is 5.42. The van der Waals surface area contributed by atoms with Crippen molar-refractivity contribution in [2.75, 3.05) is 17.9 Å². The zero-order valence-electron chi connectivity index (χ0n) is 22.1. The van der Waals surface area contributed by atoms with E-state index < -0.39 is 51.9 Å². The highest BCUT2D eigenvalue weighted by Crippen LogP contribution is 2.37. The summed E-state index contributed by atoms with van der Waals surface area (Å²) in [7, 11) is -3.16. The molecule has 3 rings (SSSR count). The van der Waals surface area contributed by atoms with Crippen molar-refractivity contribution in [1.82, 2.24) is 10.2 Å². The minimum Gasteiger partial charge on any atom is -0.357 e. The highest BCUT2D eigenvalue weighted by Gasteiger charge is 2.36. The van der Waals surface area contributed by atoms with Gasteiger partial charge in [0.2, 0.25) is 11.8 Å². The quantitative estimate of drug-likeness (QED) is 0.339. The second-order valence-electron chi connectivity index (χ2n) is 8.98. The standard InChI is InChI=1S/C28H29ClF3N3O4S/c1-4-24(27(37)33-3)34(17-20-11-9-8-10-19(20)2)26(36)18-35(40(38,39)22-12-6-5-7-13-22)25-16-21(28(30,31)32)14-15-23(25)29/h5-16,24H,4,17-18H2,1-3H3,(H,33,37)/t24-/m0/s1. The fourth-order valence-corrected chi connectivity index (χ4v) is 5.89. The van der Waals surface area contributed by atoms with E-state index in [0.29, 0.717) is 15.9 Å². The van der Waals surface area contributed by atoms with Crippen LogP contribution in [0.1, 0.15) is 30.0 Å². The molecule has 214 valence electrons. The molecule has 2 amide bonds. The molecule has 0 saturated carbocycles. The molecule has 1 atom stereocenters. The van der Waals surface area contributed by atoms with Crippen molar-refractivity contribution in [3.05, 3.63) is 94.5 Å². The molecule has 0 aromatic heterocycles. The van der Waals surface area contributed by atoms with Crippen LogP contribution in [0.5, 0.6) is 0 Å². The van der Waals surface area contributed by atoms with Crippen LogP contribution < -0.4 is 9.62 Å². The Balaban J connectivity index is 2.17. The third kappa shape index (κ3) is 6.95. The fourth-order valence-electron chi connectivity index (χ4n) is 4.17. The Morgan fingerprint density at radius 3 is 2.20 bits per heavy atom. The Morgan fingerprint density at radius 1 is 1.00 bits per heavy atom. The molecular formula is C28H29ClF3N3O4S. The van der Waals surface area contributed by atoms with Crippen molar-refractivity contribution in [3.8, 4) is 0 Å². The number of nitrogens with one attached hydrogen (secondary N) is 1. The Morgan fingerprint density at radius 2 is 1.62 bits per heavy atom. The number of anilines is 1. The lowest BCUT2D eigenvalue weighted by Gasteiger charge is -2.33. The van der Waals surface area contributed by atoms with E-state index in [1.54, 1.807) is 25.1 Å². The molecule has 0 fully saturated rings. The van der Waals surface area contributed by atoms with Gasteiger partial charge in [0.25, 0.3) is 10.0 Å². The molecule has 0 spiro atoms. The molecule has 0 aliphatic carbocycles. The molecule has 3 aromatic rings. The summed E-state index contributed by atoms with van der Waals surface area (Å²) in [6.07, 6.45) is -4.60. The molecule has 1 N–H and O–H groups in total. The van der Waals surface area contributed by atoms with Gasteiger partial charge < -0.3 is 10.2 Å². The summed E-state index contributed by atoms with van der Waals surface area (Å²) in [5, 5.41) is 2.21. The molecule has 12 heteroatoms. The number of halogens is 4. The highest BCUT2D eigenvalue weighted by molar-refractivity contribution is 7.92. The fraction of sp³-hybridized carbons (Fsp3) is 0.286. The van der Waals surface area contributed by atoms with Gasteiger partial charge in [-0.1, -0.05) is 61.0 Å². The number of hydrogen-bond donors (Lipinski definition) is 1. The highest BCUT2D eigenvalue weighted by atomic mass is 35.5. The molecule has 40 heavy (non-hydrogen) atoms. The summed E-state index contributed by atoms with van der Waals surface area (Å²) < 4.78 is 68.9. The molecule has 0 saturated heterocycles. The number of hydrogen-bond acceptors (Lipinski definition) is 4. The van der Waals surface area contributed by atoms with Gasteiger partial charge in [0.15, 0.2) is 0 Å². The predicted molar refractivity (Wildman–Crippen MR) is 147 cm³/mol. The van der Waals surface area contributed by atoms with Gasteiger partial charge >= 0.3 is 6.18 Å². The number of alkyl halides is 3. The maximum atomic E-state index is 13.9. The van der Waals surface area contributed by atoms with E-state index in [9.17, 15) is 31.2 Å². The smallest absolute Gasteiger partial charge is 0.357 e. The number of benzene rings is 3. The molecule has 0 bridgehead atoms. The number of nitrogens with zero attached hydrogens (tertiary/aromatic N) is 2. The van der Waals surface area contributed by atoms with Crippen molar-refractivity contribution < 1.29 is 31.2 Å². The minimum absolute atomic E-state index is 0.0347. The summed E-state index contributed by atoms with van der Waals surface area (Å²) in [5.41, 5.74) is -0.104. The third-order valence-electron chi connectivity index (χ3n) is 6.39. The van der Waals surface area contributed by atoms with E-state index in [-0.39, 0.29) is 22.9 Å². The topological polar surface area (TPSA) is 86.8 Å². The molecule has 0 aliphatic heterocycles. The van der Waals surface area contributed by atoms with Gasteiger partial charge in [-0.05, 0) is 54.8 Å². The lowest BCUT2D eigenvalue weighted by molar-refractivity contribution is -0.140. The summed E-state index contributed by atoms with van der Waals surface area (Å²) in [4.78, 5) is 27.7. The van der Waals surface area contributed by atoms with Crippen LogP contribution in [0.15, 0.2) is 77.7 Å². The number of likely N-dealkylation sites (N-methyl/N-ethyl adjacent to an activating group) is 1. The van der Waals surface area contributed by atoms with Crippen molar-refractivity contribution >= 4 is 39.1 Å².